The van der Waals surface area contributed by atoms with E-state index in [2.05, 4.69) is 4.98 Å². The molecule has 3 aromatic rings. The molecule has 6 nitrogen and oxygen atoms in total. The van der Waals surface area contributed by atoms with Crippen LogP contribution in [0.1, 0.15) is 16.4 Å². The van der Waals surface area contributed by atoms with Crippen LogP contribution in [0.15, 0.2) is 58.4 Å². The van der Waals surface area contributed by atoms with E-state index < -0.39 is 17.1 Å². The van der Waals surface area contributed by atoms with Gasteiger partial charge >= 0.3 is 4.87 Å². The molecular formula is C21H15ClN2O4S2. The molecule has 9 heteroatoms. The number of anilines is 1. The number of amides is 2. The molecule has 1 fully saturated rings. The highest BCUT2D eigenvalue weighted by atomic mass is 35.5. The van der Waals surface area contributed by atoms with Crippen molar-refractivity contribution in [3.63, 3.8) is 0 Å². The van der Waals surface area contributed by atoms with Crippen molar-refractivity contribution in [3.05, 3.63) is 73.7 Å². The number of ether oxygens (including phenoxy) is 1. The fourth-order valence-electron chi connectivity index (χ4n) is 4.03. The lowest BCUT2D eigenvalue weighted by molar-refractivity contribution is -0.122. The average Bonchev–Trinajstić information content (AvgIpc) is 3.24. The van der Waals surface area contributed by atoms with Gasteiger partial charge in [-0.25, -0.2) is 4.90 Å². The van der Waals surface area contributed by atoms with Crippen LogP contribution in [0.4, 0.5) is 5.69 Å². The number of halogens is 1. The SMILES string of the molecule is COc1ccc(N2C(=O)[C@H]3[C@H](c4ccc(Cl)cc4)c4sc(=O)[nH]c4S[C@H]3C2=O)cc1. The molecule has 2 aliphatic heterocycles. The number of hydrogen-bond acceptors (Lipinski definition) is 6. The normalized spacial score (nSPS) is 22.7. The first-order chi connectivity index (χ1) is 14.5. The minimum Gasteiger partial charge on any atom is -0.497 e. The first-order valence-electron chi connectivity index (χ1n) is 9.15. The number of thiazole rings is 1. The summed E-state index contributed by atoms with van der Waals surface area (Å²) >= 11 is 8.40. The van der Waals surface area contributed by atoms with E-state index in [0.717, 1.165) is 21.8 Å². The number of H-pyrrole nitrogens is 1. The molecule has 0 unspecified atom stereocenters. The number of nitrogens with zero attached hydrogens (tertiary/aromatic N) is 1. The minimum absolute atomic E-state index is 0.196. The van der Waals surface area contributed by atoms with Gasteiger partial charge in [0.25, 0.3) is 0 Å². The molecule has 0 aliphatic carbocycles. The Morgan fingerprint density at radius 3 is 2.37 bits per heavy atom. The molecule has 1 saturated heterocycles. The van der Waals surface area contributed by atoms with Gasteiger partial charge < -0.3 is 9.72 Å². The molecule has 2 aliphatic rings. The Hall–Kier alpha value is -2.55. The molecule has 1 aromatic heterocycles. The third kappa shape index (κ3) is 2.98. The minimum atomic E-state index is -0.613. The number of hydrogen-bond donors (Lipinski definition) is 1. The topological polar surface area (TPSA) is 79.5 Å². The molecule has 1 N–H and O–H groups in total. The van der Waals surface area contributed by atoms with Crippen LogP contribution < -0.4 is 14.5 Å². The summed E-state index contributed by atoms with van der Waals surface area (Å²) in [7, 11) is 1.56. The zero-order valence-electron chi connectivity index (χ0n) is 15.6. The summed E-state index contributed by atoms with van der Waals surface area (Å²) in [6, 6.07) is 14.0. The second kappa shape index (κ2) is 7.30. The van der Waals surface area contributed by atoms with E-state index in [4.69, 9.17) is 16.3 Å². The second-order valence-electron chi connectivity index (χ2n) is 7.01. The number of benzene rings is 2. The zero-order chi connectivity index (χ0) is 21.0. The van der Waals surface area contributed by atoms with Gasteiger partial charge in [-0.3, -0.25) is 14.4 Å². The Morgan fingerprint density at radius 2 is 1.70 bits per heavy atom. The maximum absolute atomic E-state index is 13.5. The van der Waals surface area contributed by atoms with Crippen LogP contribution in [0.2, 0.25) is 5.02 Å². The summed E-state index contributed by atoms with van der Waals surface area (Å²) in [5.74, 6) is -0.911. The van der Waals surface area contributed by atoms with E-state index in [-0.39, 0.29) is 16.7 Å². The van der Waals surface area contributed by atoms with Crippen molar-refractivity contribution in [3.8, 4) is 5.75 Å². The van der Waals surface area contributed by atoms with E-state index in [0.29, 0.717) is 21.5 Å². The van der Waals surface area contributed by atoms with Gasteiger partial charge in [-0.2, -0.15) is 0 Å². The first kappa shape index (κ1) is 19.4. The Morgan fingerprint density at radius 1 is 1.00 bits per heavy atom. The smallest absolute Gasteiger partial charge is 0.305 e. The van der Waals surface area contributed by atoms with Crippen molar-refractivity contribution in [1.82, 2.24) is 4.98 Å². The number of carbonyl (C=O) groups is 2. The Balaban J connectivity index is 1.62. The van der Waals surface area contributed by atoms with Gasteiger partial charge in [0.1, 0.15) is 11.0 Å². The fraction of sp³-hybridized carbons (Fsp3) is 0.190. The predicted octanol–water partition coefficient (Wildman–Crippen LogP) is 3.89. The summed E-state index contributed by atoms with van der Waals surface area (Å²) < 4.78 is 5.17. The second-order valence-corrected chi connectivity index (χ2v) is 9.61. The Kier molecular flexibility index (Phi) is 4.72. The van der Waals surface area contributed by atoms with Crippen LogP contribution in [0.3, 0.4) is 0 Å². The molecule has 152 valence electrons. The van der Waals surface area contributed by atoms with Crippen LogP contribution in [0.25, 0.3) is 0 Å². The highest BCUT2D eigenvalue weighted by Crippen LogP contribution is 2.53. The average molecular weight is 459 g/mol. The maximum atomic E-state index is 13.5. The Bertz CT molecular complexity index is 1200. The van der Waals surface area contributed by atoms with Crippen LogP contribution in [-0.4, -0.2) is 29.2 Å². The van der Waals surface area contributed by atoms with Crippen LogP contribution in [0, 0.1) is 5.92 Å². The van der Waals surface area contributed by atoms with Gasteiger partial charge in [0.05, 0.1) is 23.7 Å². The van der Waals surface area contributed by atoms with Crippen molar-refractivity contribution >= 4 is 52.2 Å². The lowest BCUT2D eigenvalue weighted by Crippen LogP contribution is -2.32. The number of rotatable bonds is 3. The lowest BCUT2D eigenvalue weighted by Gasteiger charge is -2.29. The van der Waals surface area contributed by atoms with Gasteiger partial charge in [-0.15, -0.1) is 0 Å². The van der Waals surface area contributed by atoms with Crippen LogP contribution in [0.5, 0.6) is 5.75 Å². The number of imide groups is 1. The quantitative estimate of drug-likeness (QED) is 0.602. The van der Waals surface area contributed by atoms with E-state index in [1.807, 2.05) is 12.1 Å². The van der Waals surface area contributed by atoms with Crippen molar-refractivity contribution in [1.29, 1.82) is 0 Å². The van der Waals surface area contributed by atoms with E-state index >= 15 is 0 Å². The lowest BCUT2D eigenvalue weighted by atomic mass is 9.83. The third-order valence-electron chi connectivity index (χ3n) is 5.38. The third-order valence-corrected chi connectivity index (χ3v) is 8.04. The van der Waals surface area contributed by atoms with Crippen molar-refractivity contribution < 1.29 is 14.3 Å². The van der Waals surface area contributed by atoms with E-state index in [1.165, 1.54) is 16.7 Å². The molecule has 3 heterocycles. The summed E-state index contributed by atoms with van der Waals surface area (Å²) in [6.45, 7) is 0. The maximum Gasteiger partial charge on any atom is 0.305 e. The Labute approximate surface area is 184 Å². The van der Waals surface area contributed by atoms with Gasteiger partial charge in [0.2, 0.25) is 11.8 Å². The molecular weight excluding hydrogens is 444 g/mol. The summed E-state index contributed by atoms with van der Waals surface area (Å²) in [5, 5.41) is 0.624. The standard InChI is InChI=1S/C21H15ClN2O4S2/c1-28-13-8-6-12(7-9-13)24-19(25)15-14(10-2-4-11(22)5-3-10)16-18(23-21(27)30-16)29-17(15)20(24)26/h2-9,14-15,17H,1H3,(H,23,27)/t14-,15-,17+/m0/s1. The molecule has 2 amide bonds. The number of aromatic amines is 1. The monoisotopic (exact) mass is 458 g/mol. The van der Waals surface area contributed by atoms with Crippen LogP contribution in [-0.2, 0) is 9.59 Å². The zero-order valence-corrected chi connectivity index (χ0v) is 18.0. The van der Waals surface area contributed by atoms with Crippen molar-refractivity contribution in [2.75, 3.05) is 12.0 Å². The van der Waals surface area contributed by atoms with Crippen molar-refractivity contribution in [2.45, 2.75) is 16.2 Å². The summed E-state index contributed by atoms with van der Waals surface area (Å²) in [5.41, 5.74) is 1.36. The van der Waals surface area contributed by atoms with Gasteiger partial charge in [0, 0.05) is 15.8 Å². The molecule has 3 atom stereocenters. The molecule has 0 saturated carbocycles. The van der Waals surface area contributed by atoms with Crippen LogP contribution >= 0.6 is 34.7 Å². The highest BCUT2D eigenvalue weighted by Gasteiger charge is 2.56. The number of aromatic nitrogens is 1. The predicted molar refractivity (Wildman–Crippen MR) is 117 cm³/mol. The number of thioether (sulfide) groups is 1. The number of nitrogens with one attached hydrogen (secondary N) is 1. The van der Waals surface area contributed by atoms with Gasteiger partial charge in [-0.05, 0) is 42.0 Å². The molecule has 0 spiro atoms. The molecule has 2 aromatic carbocycles. The molecule has 5 rings (SSSR count). The van der Waals surface area contributed by atoms with E-state index in [1.54, 1.807) is 43.5 Å². The largest absolute Gasteiger partial charge is 0.497 e. The molecule has 0 bridgehead atoms. The number of fused-ring (bicyclic) bond motifs is 2. The first-order valence-corrected chi connectivity index (χ1v) is 11.2. The van der Waals surface area contributed by atoms with E-state index in [9.17, 15) is 14.4 Å². The summed E-state index contributed by atoms with van der Waals surface area (Å²) in [4.78, 5) is 43.5. The van der Waals surface area contributed by atoms with Crippen molar-refractivity contribution in [2.24, 2.45) is 5.92 Å². The number of carbonyl (C=O) groups excluding carboxylic acids is 2. The molecule has 30 heavy (non-hydrogen) atoms. The molecule has 0 radical (unpaired) electrons. The fourth-order valence-corrected chi connectivity index (χ4v) is 6.67. The number of methoxy groups -OCH3 is 1. The highest BCUT2D eigenvalue weighted by molar-refractivity contribution is 8.00. The van der Waals surface area contributed by atoms with Gasteiger partial charge in [-0.1, -0.05) is 46.8 Å². The van der Waals surface area contributed by atoms with Gasteiger partial charge in [0.15, 0.2) is 0 Å². The summed E-state index contributed by atoms with van der Waals surface area (Å²) in [6.07, 6.45) is 0.